The Kier molecular flexibility index (Phi) is 7.94. The second kappa shape index (κ2) is 11.3. The molecular weight excluding hydrogens is 589 g/mol. The van der Waals surface area contributed by atoms with Crippen molar-refractivity contribution in [1.29, 1.82) is 0 Å². The molecule has 4 aromatic rings. The number of hydrogen-bond donors (Lipinski definition) is 1. The Hall–Kier alpha value is -3.69. The van der Waals surface area contributed by atoms with Gasteiger partial charge in [-0.2, -0.15) is 9.30 Å². The van der Waals surface area contributed by atoms with Gasteiger partial charge in [0.2, 0.25) is 20.0 Å². The van der Waals surface area contributed by atoms with E-state index in [1.54, 1.807) is 6.92 Å². The molecule has 11 nitrogen and oxygen atoms in total. The second-order valence-corrected chi connectivity index (χ2v) is 13.8. The van der Waals surface area contributed by atoms with E-state index in [2.05, 4.69) is 4.99 Å². The average molecular weight is 615 g/mol. The third kappa shape index (κ3) is 6.01. The topological polar surface area (TPSA) is 158 Å². The van der Waals surface area contributed by atoms with E-state index in [9.17, 15) is 26.4 Å². The molecule has 0 unspecified atom stereocenters. The number of ether oxygens (including phenoxy) is 1. The van der Waals surface area contributed by atoms with Crippen LogP contribution in [0.4, 0.5) is 0 Å². The maximum Gasteiger partial charge on any atom is 0.326 e. The van der Waals surface area contributed by atoms with Crippen molar-refractivity contribution < 1.29 is 31.2 Å². The lowest BCUT2D eigenvalue weighted by Gasteiger charge is -2.28. The molecule has 0 fully saturated rings. The molecule has 0 aliphatic carbocycles. The molecule has 0 atom stereocenters. The minimum Gasteiger partial charge on any atom is -0.465 e. The van der Waals surface area contributed by atoms with Gasteiger partial charge in [0.1, 0.15) is 6.54 Å². The van der Waals surface area contributed by atoms with E-state index in [0.29, 0.717) is 23.2 Å². The van der Waals surface area contributed by atoms with Gasteiger partial charge in [-0.05, 0) is 66.9 Å². The van der Waals surface area contributed by atoms with Gasteiger partial charge >= 0.3 is 5.97 Å². The van der Waals surface area contributed by atoms with Gasteiger partial charge in [0.05, 0.1) is 26.6 Å². The molecule has 1 amide bonds. The molecule has 0 saturated heterocycles. The molecular formula is C27H26N4O7S3. The molecule has 0 spiro atoms. The van der Waals surface area contributed by atoms with Crippen LogP contribution in [0, 0.1) is 0 Å². The molecule has 0 saturated carbocycles. The molecule has 2 N–H and O–H groups in total. The number of esters is 1. The van der Waals surface area contributed by atoms with Crippen molar-refractivity contribution in [1.82, 2.24) is 8.87 Å². The smallest absolute Gasteiger partial charge is 0.326 e. The number of benzene rings is 3. The first-order valence-electron chi connectivity index (χ1n) is 12.6. The van der Waals surface area contributed by atoms with Crippen molar-refractivity contribution in [2.24, 2.45) is 10.1 Å². The molecule has 1 aromatic heterocycles. The van der Waals surface area contributed by atoms with E-state index in [1.165, 1.54) is 51.3 Å². The van der Waals surface area contributed by atoms with Crippen LogP contribution in [0.15, 0.2) is 81.5 Å². The third-order valence-electron chi connectivity index (χ3n) is 6.61. The summed E-state index contributed by atoms with van der Waals surface area (Å²) in [4.78, 5) is 29.6. The number of hydrogen-bond acceptors (Lipinski definition) is 8. The summed E-state index contributed by atoms with van der Waals surface area (Å²) in [7, 11) is -7.77. The Morgan fingerprint density at radius 3 is 2.34 bits per heavy atom. The number of aromatic nitrogens is 1. The van der Waals surface area contributed by atoms with Gasteiger partial charge in [0, 0.05) is 18.7 Å². The van der Waals surface area contributed by atoms with Gasteiger partial charge in [-0.1, -0.05) is 35.6 Å². The van der Waals surface area contributed by atoms with Crippen molar-refractivity contribution >= 4 is 53.5 Å². The first kappa shape index (κ1) is 28.8. The molecule has 214 valence electrons. The number of sulfonamides is 2. The van der Waals surface area contributed by atoms with Gasteiger partial charge in [0.15, 0.2) is 4.80 Å². The number of nitrogens with two attached hydrogens (primary N) is 1. The summed E-state index contributed by atoms with van der Waals surface area (Å²) in [6.45, 7) is 2.19. The fourth-order valence-electron chi connectivity index (χ4n) is 4.55. The highest BCUT2D eigenvalue weighted by molar-refractivity contribution is 7.89. The van der Waals surface area contributed by atoms with Crippen LogP contribution >= 0.6 is 11.3 Å². The predicted octanol–water partition coefficient (Wildman–Crippen LogP) is 2.40. The number of nitrogens with zero attached hydrogens (tertiary/aromatic N) is 3. The van der Waals surface area contributed by atoms with Crippen LogP contribution in [0.2, 0.25) is 0 Å². The Bertz CT molecular complexity index is 1940. The lowest BCUT2D eigenvalue weighted by molar-refractivity contribution is -0.143. The van der Waals surface area contributed by atoms with E-state index in [-0.39, 0.29) is 39.9 Å². The molecule has 0 bridgehead atoms. The fourth-order valence-corrected chi connectivity index (χ4v) is 7.65. The average Bonchev–Trinajstić information content (AvgIpc) is 3.28. The number of amides is 1. The van der Waals surface area contributed by atoms with Gasteiger partial charge in [0.25, 0.3) is 5.91 Å². The summed E-state index contributed by atoms with van der Waals surface area (Å²) >= 11 is 1.00. The predicted molar refractivity (Wildman–Crippen MR) is 152 cm³/mol. The summed E-state index contributed by atoms with van der Waals surface area (Å²) in [5.41, 5.74) is 2.69. The van der Waals surface area contributed by atoms with E-state index in [1.807, 2.05) is 24.3 Å². The molecule has 5 rings (SSSR count). The van der Waals surface area contributed by atoms with Crippen molar-refractivity contribution in [3.63, 3.8) is 0 Å². The van der Waals surface area contributed by atoms with Crippen LogP contribution in [0.25, 0.3) is 10.2 Å². The molecule has 14 heteroatoms. The number of carbonyl (C=O) groups is 2. The summed E-state index contributed by atoms with van der Waals surface area (Å²) in [5.74, 6) is -1.23. The van der Waals surface area contributed by atoms with Crippen molar-refractivity contribution in [3.05, 3.63) is 88.2 Å². The number of carbonyl (C=O) groups excluding carboxylic acids is 2. The Morgan fingerprint density at radius 2 is 1.66 bits per heavy atom. The fraction of sp³-hybridized carbons (Fsp3) is 0.222. The van der Waals surface area contributed by atoms with Gasteiger partial charge in [-0.25, -0.2) is 22.0 Å². The van der Waals surface area contributed by atoms with Gasteiger partial charge in [-0.3, -0.25) is 9.59 Å². The minimum atomic E-state index is -3.98. The normalized spacial score (nSPS) is 14.6. The zero-order valence-corrected chi connectivity index (χ0v) is 24.3. The first-order chi connectivity index (χ1) is 19.5. The number of thiazole rings is 1. The molecule has 1 aliphatic heterocycles. The maximum atomic E-state index is 13.3. The quantitative estimate of drug-likeness (QED) is 0.313. The Morgan fingerprint density at radius 1 is 0.976 bits per heavy atom. The second-order valence-electron chi connectivity index (χ2n) is 9.25. The van der Waals surface area contributed by atoms with Crippen LogP contribution in [-0.4, -0.2) is 50.7 Å². The van der Waals surface area contributed by atoms with Gasteiger partial charge in [-0.15, -0.1) is 0 Å². The lowest BCUT2D eigenvalue weighted by Crippen LogP contribution is -2.35. The van der Waals surface area contributed by atoms with E-state index in [0.717, 1.165) is 22.5 Å². The Balaban J connectivity index is 1.46. The van der Waals surface area contributed by atoms with Crippen LogP contribution in [0.5, 0.6) is 0 Å². The molecule has 1 aliphatic rings. The maximum absolute atomic E-state index is 13.3. The minimum absolute atomic E-state index is 0.0585. The first-order valence-corrected chi connectivity index (χ1v) is 16.4. The molecule has 0 radical (unpaired) electrons. The SMILES string of the molecule is CCOC(=O)Cn1c(=NC(=O)c2ccc(S(=O)(=O)N3CCc4ccccc4C3)cc2)sc2cc(S(N)(=O)=O)ccc21. The van der Waals surface area contributed by atoms with Gasteiger partial charge < -0.3 is 9.30 Å². The highest BCUT2D eigenvalue weighted by Gasteiger charge is 2.28. The highest BCUT2D eigenvalue weighted by Crippen LogP contribution is 2.25. The summed E-state index contributed by atoms with van der Waals surface area (Å²) in [6.07, 6.45) is 0.616. The van der Waals surface area contributed by atoms with E-state index in [4.69, 9.17) is 9.88 Å². The summed E-state index contributed by atoms with van der Waals surface area (Å²) < 4.78 is 58.6. The number of rotatable bonds is 7. The third-order valence-corrected chi connectivity index (χ3v) is 10.4. The standard InChI is InChI=1S/C27H26N4O7S3/c1-2-38-25(32)17-31-23-12-11-22(40(28,34)35)15-24(23)39-27(31)29-26(33)19-7-9-21(10-8-19)41(36,37)30-14-13-18-5-3-4-6-20(18)16-30/h3-12,15H,2,13-14,16-17H2,1H3,(H2,28,34,35). The summed E-state index contributed by atoms with van der Waals surface area (Å²) in [5, 5.41) is 5.25. The summed E-state index contributed by atoms with van der Waals surface area (Å²) in [6, 6.07) is 17.4. The van der Waals surface area contributed by atoms with Crippen molar-refractivity contribution in [2.45, 2.75) is 36.2 Å². The highest BCUT2D eigenvalue weighted by atomic mass is 32.2. The molecule has 2 heterocycles. The zero-order chi connectivity index (χ0) is 29.4. The van der Waals surface area contributed by atoms with Crippen LogP contribution in [-0.2, 0) is 49.1 Å². The number of fused-ring (bicyclic) bond motifs is 2. The monoisotopic (exact) mass is 614 g/mol. The zero-order valence-electron chi connectivity index (χ0n) is 21.9. The lowest BCUT2D eigenvalue weighted by atomic mass is 10.0. The largest absolute Gasteiger partial charge is 0.465 e. The van der Waals surface area contributed by atoms with Crippen molar-refractivity contribution in [3.8, 4) is 0 Å². The van der Waals surface area contributed by atoms with Crippen LogP contribution in [0.3, 0.4) is 0 Å². The van der Waals surface area contributed by atoms with Crippen molar-refractivity contribution in [2.75, 3.05) is 13.2 Å². The molecule has 3 aromatic carbocycles. The Labute approximate surface area is 240 Å². The van der Waals surface area contributed by atoms with Crippen LogP contribution in [0.1, 0.15) is 28.4 Å². The van der Waals surface area contributed by atoms with E-state index < -0.39 is 31.9 Å². The van der Waals surface area contributed by atoms with Crippen LogP contribution < -0.4 is 9.94 Å². The van der Waals surface area contributed by atoms with E-state index >= 15 is 0 Å². The number of primary sulfonamides is 1. The molecule has 41 heavy (non-hydrogen) atoms.